The maximum absolute atomic E-state index is 12.6. The van der Waals surface area contributed by atoms with E-state index in [-0.39, 0.29) is 5.95 Å². The Morgan fingerprint density at radius 3 is 2.69 bits per heavy atom. The van der Waals surface area contributed by atoms with Crippen LogP contribution in [0.15, 0.2) is 64.5 Å². The number of ether oxygens (including phenoxy) is 1. The topological polar surface area (TPSA) is 94.8 Å². The van der Waals surface area contributed by atoms with Crippen molar-refractivity contribution in [3.05, 3.63) is 70.5 Å². The standard InChI is InChI=1S/C18H16N4O4/c1-25-16(23)12-26-22-17(24)14-9-5-6-10-15(14)20-18(22)21-19-11-13-7-3-2-4-8-13/h2-11H,12H2,1H3,(H,20,21). The van der Waals surface area contributed by atoms with E-state index >= 15 is 0 Å². The minimum Gasteiger partial charge on any atom is -0.466 e. The molecule has 0 saturated heterocycles. The van der Waals surface area contributed by atoms with E-state index in [1.807, 2.05) is 30.3 Å². The molecule has 0 unspecified atom stereocenters. The van der Waals surface area contributed by atoms with Gasteiger partial charge in [-0.15, -0.1) is 4.73 Å². The fraction of sp³-hybridized carbons (Fsp3) is 0.111. The Morgan fingerprint density at radius 2 is 1.92 bits per heavy atom. The Labute approximate surface area is 148 Å². The van der Waals surface area contributed by atoms with Crippen molar-refractivity contribution in [1.82, 2.24) is 9.71 Å². The lowest BCUT2D eigenvalue weighted by Crippen LogP contribution is -2.33. The molecule has 0 spiro atoms. The van der Waals surface area contributed by atoms with E-state index < -0.39 is 18.1 Å². The van der Waals surface area contributed by atoms with Gasteiger partial charge < -0.3 is 9.57 Å². The summed E-state index contributed by atoms with van der Waals surface area (Å²) in [5.74, 6) is -0.575. The molecule has 0 aliphatic carbocycles. The van der Waals surface area contributed by atoms with Crippen LogP contribution in [0, 0.1) is 0 Å². The van der Waals surface area contributed by atoms with Crippen LogP contribution in [-0.2, 0) is 9.53 Å². The minimum absolute atomic E-state index is 0.0461. The predicted octanol–water partition coefficient (Wildman–Crippen LogP) is 1.44. The van der Waals surface area contributed by atoms with Crippen LogP contribution in [0.3, 0.4) is 0 Å². The van der Waals surface area contributed by atoms with E-state index in [1.54, 1.807) is 30.5 Å². The summed E-state index contributed by atoms with van der Waals surface area (Å²) in [6, 6.07) is 16.2. The van der Waals surface area contributed by atoms with Crippen molar-refractivity contribution in [2.24, 2.45) is 5.10 Å². The van der Waals surface area contributed by atoms with Crippen molar-refractivity contribution < 1.29 is 14.4 Å². The molecule has 0 bridgehead atoms. The number of nitrogens with zero attached hydrogens (tertiary/aromatic N) is 3. The number of para-hydroxylation sites is 1. The first-order valence-corrected chi connectivity index (χ1v) is 7.75. The third-order valence-corrected chi connectivity index (χ3v) is 3.45. The second kappa shape index (κ2) is 7.93. The summed E-state index contributed by atoms with van der Waals surface area (Å²) in [6.45, 7) is -0.437. The van der Waals surface area contributed by atoms with Crippen LogP contribution in [0.25, 0.3) is 10.9 Å². The first-order chi connectivity index (χ1) is 12.7. The SMILES string of the molecule is COC(=O)COn1c(NN=Cc2ccccc2)nc2ccccc2c1=O. The van der Waals surface area contributed by atoms with Crippen LogP contribution in [0.5, 0.6) is 0 Å². The van der Waals surface area contributed by atoms with Crippen LogP contribution in [0.1, 0.15) is 5.56 Å². The molecule has 0 aliphatic rings. The van der Waals surface area contributed by atoms with Crippen molar-refractivity contribution in [3.63, 3.8) is 0 Å². The van der Waals surface area contributed by atoms with Gasteiger partial charge in [-0.05, 0) is 17.7 Å². The third kappa shape index (κ3) is 3.86. The summed E-state index contributed by atoms with van der Waals surface area (Å²) in [4.78, 5) is 33.6. The summed E-state index contributed by atoms with van der Waals surface area (Å²) >= 11 is 0. The Balaban J connectivity index is 1.94. The van der Waals surface area contributed by atoms with Crippen molar-refractivity contribution in [2.75, 3.05) is 19.1 Å². The highest BCUT2D eigenvalue weighted by molar-refractivity contribution is 5.81. The van der Waals surface area contributed by atoms with Crippen LogP contribution >= 0.6 is 0 Å². The van der Waals surface area contributed by atoms with E-state index in [1.165, 1.54) is 7.11 Å². The first-order valence-electron chi connectivity index (χ1n) is 7.75. The second-order valence-electron chi connectivity index (χ2n) is 5.18. The van der Waals surface area contributed by atoms with Gasteiger partial charge in [-0.2, -0.15) is 5.10 Å². The van der Waals surface area contributed by atoms with Crippen molar-refractivity contribution in [1.29, 1.82) is 0 Å². The molecule has 1 N–H and O–H groups in total. The highest BCUT2D eigenvalue weighted by atomic mass is 16.7. The van der Waals surface area contributed by atoms with Crippen LogP contribution in [-0.4, -0.2) is 35.6 Å². The van der Waals surface area contributed by atoms with Gasteiger partial charge in [-0.1, -0.05) is 42.5 Å². The van der Waals surface area contributed by atoms with Crippen molar-refractivity contribution >= 4 is 29.0 Å². The smallest absolute Gasteiger partial charge is 0.346 e. The number of aromatic nitrogens is 2. The number of carbonyl (C=O) groups excluding carboxylic acids is 1. The van der Waals surface area contributed by atoms with Gasteiger partial charge >= 0.3 is 5.97 Å². The fourth-order valence-electron chi connectivity index (χ4n) is 2.19. The molecular formula is C18H16N4O4. The van der Waals surface area contributed by atoms with Crippen molar-refractivity contribution in [2.45, 2.75) is 0 Å². The van der Waals surface area contributed by atoms with E-state index in [0.717, 1.165) is 10.3 Å². The molecule has 26 heavy (non-hydrogen) atoms. The van der Waals surface area contributed by atoms with Gasteiger partial charge in [0.2, 0.25) is 6.61 Å². The summed E-state index contributed by atoms with van der Waals surface area (Å²) < 4.78 is 5.42. The molecule has 8 heteroatoms. The Morgan fingerprint density at radius 1 is 1.19 bits per heavy atom. The average Bonchev–Trinajstić information content (AvgIpc) is 2.68. The predicted molar refractivity (Wildman–Crippen MR) is 97.1 cm³/mol. The molecule has 2 aromatic carbocycles. The van der Waals surface area contributed by atoms with Gasteiger partial charge in [-0.3, -0.25) is 4.79 Å². The zero-order valence-electron chi connectivity index (χ0n) is 14.0. The number of fused-ring (bicyclic) bond motifs is 1. The molecule has 0 saturated carbocycles. The molecule has 0 fully saturated rings. The highest BCUT2D eigenvalue weighted by Crippen LogP contribution is 2.10. The number of esters is 1. The molecule has 0 radical (unpaired) electrons. The van der Waals surface area contributed by atoms with Gasteiger partial charge in [0.05, 0.1) is 24.2 Å². The molecule has 1 aromatic heterocycles. The number of rotatable bonds is 6. The van der Waals surface area contributed by atoms with Crippen LogP contribution in [0.4, 0.5) is 5.95 Å². The molecule has 132 valence electrons. The van der Waals surface area contributed by atoms with Gasteiger partial charge in [0.25, 0.3) is 11.5 Å². The molecule has 3 aromatic rings. The third-order valence-electron chi connectivity index (χ3n) is 3.45. The summed E-state index contributed by atoms with van der Waals surface area (Å²) in [5.41, 5.74) is 3.56. The molecule has 0 aliphatic heterocycles. The molecule has 0 amide bonds. The number of hydrogen-bond acceptors (Lipinski definition) is 7. The zero-order chi connectivity index (χ0) is 18.4. The summed E-state index contributed by atoms with van der Waals surface area (Å²) in [7, 11) is 1.23. The monoisotopic (exact) mass is 352 g/mol. The second-order valence-corrected chi connectivity index (χ2v) is 5.18. The van der Waals surface area contributed by atoms with E-state index in [0.29, 0.717) is 10.9 Å². The number of nitrogens with one attached hydrogen (secondary N) is 1. The Hall–Kier alpha value is -3.68. The zero-order valence-corrected chi connectivity index (χ0v) is 14.0. The van der Waals surface area contributed by atoms with Crippen molar-refractivity contribution in [3.8, 4) is 0 Å². The highest BCUT2D eigenvalue weighted by Gasteiger charge is 2.13. The van der Waals surface area contributed by atoms with Crippen LogP contribution < -0.4 is 15.8 Å². The largest absolute Gasteiger partial charge is 0.466 e. The molecule has 3 rings (SSSR count). The Bertz CT molecular complexity index is 999. The number of methoxy groups -OCH3 is 1. The maximum atomic E-state index is 12.6. The normalized spacial score (nSPS) is 10.8. The van der Waals surface area contributed by atoms with Crippen LogP contribution in [0.2, 0.25) is 0 Å². The average molecular weight is 352 g/mol. The fourth-order valence-corrected chi connectivity index (χ4v) is 2.19. The summed E-state index contributed by atoms with van der Waals surface area (Å²) in [6.07, 6.45) is 1.58. The number of hydrogen-bond donors (Lipinski definition) is 1. The van der Waals surface area contributed by atoms with E-state index in [9.17, 15) is 9.59 Å². The number of hydrazone groups is 1. The van der Waals surface area contributed by atoms with E-state index in [4.69, 9.17) is 4.84 Å². The van der Waals surface area contributed by atoms with Gasteiger partial charge in [0.1, 0.15) is 0 Å². The molecule has 0 atom stereocenters. The maximum Gasteiger partial charge on any atom is 0.346 e. The lowest BCUT2D eigenvalue weighted by Gasteiger charge is -2.12. The summed E-state index contributed by atoms with van der Waals surface area (Å²) in [5, 5.41) is 4.43. The number of benzene rings is 2. The van der Waals surface area contributed by atoms with Gasteiger partial charge in [0, 0.05) is 0 Å². The molecule has 8 nitrogen and oxygen atoms in total. The van der Waals surface area contributed by atoms with E-state index in [2.05, 4.69) is 20.2 Å². The molecule has 1 heterocycles. The first kappa shape index (κ1) is 17.2. The lowest BCUT2D eigenvalue weighted by atomic mass is 10.2. The number of carbonyl (C=O) groups is 1. The van der Waals surface area contributed by atoms with Gasteiger partial charge in [0.15, 0.2) is 0 Å². The van der Waals surface area contributed by atoms with Gasteiger partial charge in [-0.25, -0.2) is 15.2 Å². The quantitative estimate of drug-likeness (QED) is 0.410. The number of anilines is 1. The lowest BCUT2D eigenvalue weighted by molar-refractivity contribution is -0.146. The minimum atomic E-state index is -0.621. The molecular weight excluding hydrogens is 336 g/mol. The Kier molecular flexibility index (Phi) is 5.23.